The fourth-order valence-corrected chi connectivity index (χ4v) is 4.20. The SMILES string of the molecule is CC(C)NC(=O)Nc1nc2c(s1)CN(C(=O)c1cc3ccccc3[nH]1)CC2. The molecule has 1 aromatic carbocycles. The van der Waals surface area contributed by atoms with Gasteiger partial charge in [-0.1, -0.05) is 29.5 Å². The third-order valence-corrected chi connectivity index (χ3v) is 5.42. The Balaban J connectivity index is 1.47. The molecule has 1 aliphatic rings. The highest BCUT2D eigenvalue weighted by molar-refractivity contribution is 7.15. The molecule has 3 heterocycles. The summed E-state index contributed by atoms with van der Waals surface area (Å²) in [5.41, 5.74) is 2.51. The first-order chi connectivity index (χ1) is 13.0. The topological polar surface area (TPSA) is 90.1 Å². The van der Waals surface area contributed by atoms with Crippen LogP contribution in [0.25, 0.3) is 10.9 Å². The molecule has 3 amide bonds. The maximum Gasteiger partial charge on any atom is 0.321 e. The van der Waals surface area contributed by atoms with Crippen LogP contribution < -0.4 is 10.6 Å². The van der Waals surface area contributed by atoms with Crippen LogP contribution in [-0.2, 0) is 13.0 Å². The predicted octanol–water partition coefficient (Wildman–Crippen LogP) is 3.35. The Morgan fingerprint density at radius 1 is 1.30 bits per heavy atom. The van der Waals surface area contributed by atoms with Crippen LogP contribution in [0.3, 0.4) is 0 Å². The van der Waals surface area contributed by atoms with Crippen LogP contribution in [0.4, 0.5) is 9.93 Å². The van der Waals surface area contributed by atoms with Gasteiger partial charge in [0.05, 0.1) is 12.2 Å². The zero-order valence-corrected chi connectivity index (χ0v) is 16.0. The summed E-state index contributed by atoms with van der Waals surface area (Å²) in [6.07, 6.45) is 0.686. The van der Waals surface area contributed by atoms with Gasteiger partial charge in [0, 0.05) is 34.8 Å². The molecule has 3 aromatic rings. The summed E-state index contributed by atoms with van der Waals surface area (Å²) in [5, 5.41) is 7.15. The van der Waals surface area contributed by atoms with Crippen molar-refractivity contribution in [1.82, 2.24) is 20.2 Å². The number of rotatable bonds is 3. The molecule has 0 fully saturated rings. The van der Waals surface area contributed by atoms with Crippen molar-refractivity contribution in [3.63, 3.8) is 0 Å². The minimum absolute atomic E-state index is 0.0164. The molecular weight excluding hydrogens is 362 g/mol. The first-order valence-electron chi connectivity index (χ1n) is 8.92. The smallest absolute Gasteiger partial charge is 0.321 e. The number of anilines is 1. The molecule has 2 aromatic heterocycles. The molecule has 0 bridgehead atoms. The fourth-order valence-electron chi connectivity index (χ4n) is 3.18. The van der Waals surface area contributed by atoms with Gasteiger partial charge in [0.2, 0.25) is 0 Å². The number of aromatic nitrogens is 2. The molecule has 0 saturated heterocycles. The molecule has 8 heteroatoms. The third kappa shape index (κ3) is 3.66. The fraction of sp³-hybridized carbons (Fsp3) is 0.316. The number of H-pyrrole nitrogens is 1. The highest BCUT2D eigenvalue weighted by Gasteiger charge is 2.26. The number of carbonyl (C=O) groups is 2. The first kappa shape index (κ1) is 17.5. The molecular formula is C19H21N5O2S. The largest absolute Gasteiger partial charge is 0.351 e. The Labute approximate surface area is 160 Å². The number of thiazole rings is 1. The number of hydrogen-bond donors (Lipinski definition) is 3. The van der Waals surface area contributed by atoms with Crippen LogP contribution >= 0.6 is 11.3 Å². The van der Waals surface area contributed by atoms with E-state index in [0.717, 1.165) is 21.5 Å². The highest BCUT2D eigenvalue weighted by atomic mass is 32.1. The predicted molar refractivity (Wildman–Crippen MR) is 106 cm³/mol. The number of carbonyl (C=O) groups excluding carboxylic acids is 2. The van der Waals surface area contributed by atoms with Crippen LogP contribution in [0.2, 0.25) is 0 Å². The molecule has 140 valence electrons. The van der Waals surface area contributed by atoms with Crippen molar-refractivity contribution in [1.29, 1.82) is 0 Å². The average Bonchev–Trinajstić information content (AvgIpc) is 3.22. The van der Waals surface area contributed by atoms with Crippen LogP contribution in [0.15, 0.2) is 30.3 Å². The molecule has 0 saturated carbocycles. The lowest BCUT2D eigenvalue weighted by molar-refractivity contribution is 0.0731. The monoisotopic (exact) mass is 383 g/mol. The molecule has 4 rings (SSSR count). The lowest BCUT2D eigenvalue weighted by Crippen LogP contribution is -2.35. The van der Waals surface area contributed by atoms with E-state index in [2.05, 4.69) is 20.6 Å². The van der Waals surface area contributed by atoms with Crippen molar-refractivity contribution >= 4 is 39.3 Å². The average molecular weight is 383 g/mol. The van der Waals surface area contributed by atoms with Crippen molar-refractivity contribution in [2.24, 2.45) is 0 Å². The van der Waals surface area contributed by atoms with E-state index >= 15 is 0 Å². The summed E-state index contributed by atoms with van der Waals surface area (Å²) in [5.74, 6) is -0.0164. The summed E-state index contributed by atoms with van der Waals surface area (Å²) >= 11 is 1.42. The molecule has 1 aliphatic heterocycles. The molecule has 0 unspecified atom stereocenters. The Hall–Kier alpha value is -2.87. The minimum atomic E-state index is -0.262. The van der Waals surface area contributed by atoms with Gasteiger partial charge in [-0.15, -0.1) is 0 Å². The normalized spacial score (nSPS) is 13.7. The van der Waals surface area contributed by atoms with Gasteiger partial charge in [0.1, 0.15) is 5.69 Å². The van der Waals surface area contributed by atoms with E-state index in [9.17, 15) is 9.59 Å². The van der Waals surface area contributed by atoms with Gasteiger partial charge in [0.25, 0.3) is 5.91 Å². The van der Waals surface area contributed by atoms with Crippen molar-refractivity contribution < 1.29 is 9.59 Å². The number of fused-ring (bicyclic) bond motifs is 2. The summed E-state index contributed by atoms with van der Waals surface area (Å²) < 4.78 is 0. The van der Waals surface area contributed by atoms with Gasteiger partial charge < -0.3 is 15.2 Å². The Morgan fingerprint density at radius 2 is 2.11 bits per heavy atom. The van der Waals surface area contributed by atoms with E-state index in [1.807, 2.05) is 49.1 Å². The Bertz CT molecular complexity index is 974. The van der Waals surface area contributed by atoms with Gasteiger partial charge in [0.15, 0.2) is 5.13 Å². The van der Waals surface area contributed by atoms with Crippen LogP contribution in [0.5, 0.6) is 0 Å². The van der Waals surface area contributed by atoms with Crippen molar-refractivity contribution in [3.8, 4) is 0 Å². The maximum atomic E-state index is 12.9. The number of benzene rings is 1. The zero-order chi connectivity index (χ0) is 19.0. The molecule has 0 atom stereocenters. The number of aromatic amines is 1. The van der Waals surface area contributed by atoms with Gasteiger partial charge in [-0.2, -0.15) is 0 Å². The van der Waals surface area contributed by atoms with Crippen molar-refractivity contribution in [2.45, 2.75) is 32.9 Å². The van der Waals surface area contributed by atoms with Gasteiger partial charge in [-0.05, 0) is 26.0 Å². The van der Waals surface area contributed by atoms with Crippen LogP contribution in [0, 0.1) is 0 Å². The minimum Gasteiger partial charge on any atom is -0.351 e. The second-order valence-corrected chi connectivity index (χ2v) is 7.97. The van der Waals surface area contributed by atoms with E-state index in [4.69, 9.17) is 0 Å². The summed E-state index contributed by atoms with van der Waals surface area (Å²) in [4.78, 5) is 35.3. The van der Waals surface area contributed by atoms with E-state index in [-0.39, 0.29) is 18.0 Å². The van der Waals surface area contributed by atoms with Crippen molar-refractivity contribution in [2.75, 3.05) is 11.9 Å². The Morgan fingerprint density at radius 3 is 2.89 bits per heavy atom. The number of urea groups is 1. The molecule has 7 nitrogen and oxygen atoms in total. The van der Waals surface area contributed by atoms with Gasteiger partial charge in [-0.25, -0.2) is 9.78 Å². The molecule has 27 heavy (non-hydrogen) atoms. The maximum absolute atomic E-state index is 12.9. The quantitative estimate of drug-likeness (QED) is 0.648. The van der Waals surface area contributed by atoms with Crippen LogP contribution in [0.1, 0.15) is 34.9 Å². The third-order valence-electron chi connectivity index (χ3n) is 4.42. The van der Waals surface area contributed by atoms with Crippen molar-refractivity contribution in [3.05, 3.63) is 46.6 Å². The number of para-hydroxylation sites is 1. The first-order valence-corrected chi connectivity index (χ1v) is 9.74. The lowest BCUT2D eigenvalue weighted by Gasteiger charge is -2.25. The second-order valence-electron chi connectivity index (χ2n) is 6.89. The van der Waals surface area contributed by atoms with E-state index < -0.39 is 0 Å². The standard InChI is InChI=1S/C19H21N5O2S/c1-11(2)20-18(26)23-19-22-14-7-8-24(10-16(14)27-19)17(25)15-9-12-5-3-4-6-13(12)21-15/h3-6,9,11,21H,7-8,10H2,1-2H3,(H2,20,22,23,26). The van der Waals surface area contributed by atoms with Gasteiger partial charge >= 0.3 is 6.03 Å². The molecule has 0 aliphatic carbocycles. The van der Waals surface area contributed by atoms with E-state index in [1.54, 1.807) is 0 Å². The number of nitrogens with one attached hydrogen (secondary N) is 3. The zero-order valence-electron chi connectivity index (χ0n) is 15.2. The molecule has 3 N–H and O–H groups in total. The summed E-state index contributed by atoms with van der Waals surface area (Å²) in [6, 6.07) is 9.54. The summed E-state index contributed by atoms with van der Waals surface area (Å²) in [7, 11) is 0. The molecule has 0 radical (unpaired) electrons. The summed E-state index contributed by atoms with van der Waals surface area (Å²) in [6.45, 7) is 4.93. The number of nitrogens with zero attached hydrogens (tertiary/aromatic N) is 2. The molecule has 0 spiro atoms. The van der Waals surface area contributed by atoms with Gasteiger partial charge in [-0.3, -0.25) is 10.1 Å². The highest BCUT2D eigenvalue weighted by Crippen LogP contribution is 2.29. The van der Waals surface area contributed by atoms with Crippen LogP contribution in [-0.4, -0.2) is 39.4 Å². The van der Waals surface area contributed by atoms with E-state index in [1.165, 1.54) is 11.3 Å². The Kier molecular flexibility index (Phi) is 4.57. The lowest BCUT2D eigenvalue weighted by atomic mass is 10.1. The second kappa shape index (κ2) is 7.03. The van der Waals surface area contributed by atoms with E-state index in [0.29, 0.717) is 30.3 Å². The number of hydrogen-bond acceptors (Lipinski definition) is 4. The number of amides is 3.